The standard InChI is InChI=1S/C26H30Cl2N4O3/c1-19(20-5-3-2-4-6-20)32(16-21-7-8-22(27)15-23(21)28)17-25-30-24(18-35-25)26(33)29-9-10-31-11-13-34-14-12-31/h2-8,15,18-19H,9-14,16-17H2,1H3,(H,29,33)/t19-/m1/s1. The summed E-state index contributed by atoms with van der Waals surface area (Å²) in [6, 6.07) is 15.8. The van der Waals surface area contributed by atoms with Gasteiger partial charge in [0.1, 0.15) is 6.26 Å². The van der Waals surface area contributed by atoms with Crippen molar-refractivity contribution in [3.8, 4) is 0 Å². The zero-order chi connectivity index (χ0) is 24.6. The van der Waals surface area contributed by atoms with Crippen LogP contribution in [-0.4, -0.2) is 60.1 Å². The summed E-state index contributed by atoms with van der Waals surface area (Å²) in [6.45, 7) is 7.68. The summed E-state index contributed by atoms with van der Waals surface area (Å²) in [4.78, 5) is 21.5. The van der Waals surface area contributed by atoms with E-state index in [2.05, 4.69) is 39.2 Å². The summed E-state index contributed by atoms with van der Waals surface area (Å²) in [5, 5.41) is 4.13. The molecule has 1 fully saturated rings. The Morgan fingerprint density at radius 1 is 1.14 bits per heavy atom. The van der Waals surface area contributed by atoms with E-state index in [1.807, 2.05) is 30.3 Å². The Kier molecular flexibility index (Phi) is 9.18. The van der Waals surface area contributed by atoms with E-state index in [0.29, 0.717) is 35.6 Å². The predicted octanol–water partition coefficient (Wildman–Crippen LogP) is 4.81. The minimum Gasteiger partial charge on any atom is -0.447 e. The molecule has 1 N–H and O–H groups in total. The summed E-state index contributed by atoms with van der Waals surface area (Å²) < 4.78 is 11.0. The van der Waals surface area contributed by atoms with Gasteiger partial charge in [-0.15, -0.1) is 0 Å². The molecule has 2 heterocycles. The molecule has 1 saturated heterocycles. The smallest absolute Gasteiger partial charge is 0.273 e. The largest absolute Gasteiger partial charge is 0.447 e. The molecule has 0 saturated carbocycles. The van der Waals surface area contributed by atoms with Crippen molar-refractivity contribution in [1.29, 1.82) is 0 Å². The predicted molar refractivity (Wildman–Crippen MR) is 137 cm³/mol. The molecule has 2 aromatic carbocycles. The number of ether oxygens (including phenoxy) is 1. The molecule has 1 atom stereocenters. The first-order chi connectivity index (χ1) is 17.0. The monoisotopic (exact) mass is 516 g/mol. The van der Waals surface area contributed by atoms with Crippen LogP contribution in [-0.2, 0) is 17.8 Å². The summed E-state index contributed by atoms with van der Waals surface area (Å²) in [6.07, 6.45) is 1.42. The second kappa shape index (κ2) is 12.5. The maximum Gasteiger partial charge on any atom is 0.273 e. The number of carbonyl (C=O) groups is 1. The van der Waals surface area contributed by atoms with E-state index in [0.717, 1.165) is 44.0 Å². The topological polar surface area (TPSA) is 70.8 Å². The third-order valence-corrected chi connectivity index (χ3v) is 6.75. The van der Waals surface area contributed by atoms with E-state index in [4.69, 9.17) is 32.4 Å². The highest BCUT2D eigenvalue weighted by molar-refractivity contribution is 6.35. The fourth-order valence-electron chi connectivity index (χ4n) is 4.05. The van der Waals surface area contributed by atoms with E-state index < -0.39 is 0 Å². The lowest BCUT2D eigenvalue weighted by molar-refractivity contribution is 0.0383. The molecule has 1 aliphatic heterocycles. The van der Waals surface area contributed by atoms with Crippen LogP contribution in [0.3, 0.4) is 0 Å². The summed E-state index contributed by atoms with van der Waals surface area (Å²) in [5.74, 6) is 0.229. The highest BCUT2D eigenvalue weighted by Crippen LogP contribution is 2.28. The molecule has 0 bridgehead atoms. The van der Waals surface area contributed by atoms with Crippen LogP contribution in [0.5, 0.6) is 0 Å². The summed E-state index contributed by atoms with van der Waals surface area (Å²) >= 11 is 12.5. The quantitative estimate of drug-likeness (QED) is 0.417. The second-order valence-electron chi connectivity index (χ2n) is 8.56. The van der Waals surface area contributed by atoms with Crippen molar-refractivity contribution in [2.24, 2.45) is 0 Å². The number of rotatable bonds is 10. The number of hydrogen-bond donors (Lipinski definition) is 1. The van der Waals surface area contributed by atoms with Crippen LogP contribution in [0.4, 0.5) is 0 Å². The minimum atomic E-state index is -0.239. The number of amides is 1. The lowest BCUT2D eigenvalue weighted by Gasteiger charge is -2.28. The van der Waals surface area contributed by atoms with Gasteiger partial charge in [0.2, 0.25) is 5.89 Å². The van der Waals surface area contributed by atoms with Gasteiger partial charge in [0.25, 0.3) is 5.91 Å². The molecule has 0 radical (unpaired) electrons. The number of halogens is 2. The lowest BCUT2D eigenvalue weighted by atomic mass is 10.1. The average molecular weight is 517 g/mol. The van der Waals surface area contributed by atoms with Crippen molar-refractivity contribution in [1.82, 2.24) is 20.1 Å². The molecule has 1 aromatic heterocycles. The minimum absolute atomic E-state index is 0.0562. The van der Waals surface area contributed by atoms with Crippen LogP contribution >= 0.6 is 23.2 Å². The summed E-state index contributed by atoms with van der Waals surface area (Å²) in [5.41, 5.74) is 2.38. The molecule has 1 aliphatic rings. The van der Waals surface area contributed by atoms with E-state index in [9.17, 15) is 4.79 Å². The van der Waals surface area contributed by atoms with Gasteiger partial charge in [-0.3, -0.25) is 14.6 Å². The number of hydrogen-bond acceptors (Lipinski definition) is 6. The maximum absolute atomic E-state index is 12.6. The fourth-order valence-corrected chi connectivity index (χ4v) is 4.51. The van der Waals surface area contributed by atoms with Gasteiger partial charge in [0.15, 0.2) is 5.69 Å². The Morgan fingerprint density at radius 3 is 2.66 bits per heavy atom. The van der Waals surface area contributed by atoms with Gasteiger partial charge in [-0.1, -0.05) is 59.6 Å². The van der Waals surface area contributed by atoms with E-state index >= 15 is 0 Å². The number of nitrogens with one attached hydrogen (secondary N) is 1. The Bertz CT molecular complexity index is 1100. The lowest BCUT2D eigenvalue weighted by Crippen LogP contribution is -2.41. The first kappa shape index (κ1) is 25.7. The molecule has 4 rings (SSSR count). The molecule has 7 nitrogen and oxygen atoms in total. The Morgan fingerprint density at radius 2 is 1.91 bits per heavy atom. The van der Waals surface area contributed by atoms with E-state index in [1.165, 1.54) is 6.26 Å². The number of benzene rings is 2. The number of carbonyl (C=O) groups excluding carboxylic acids is 1. The number of aromatic nitrogens is 1. The van der Waals surface area contributed by atoms with Gasteiger partial charge in [-0.25, -0.2) is 4.98 Å². The van der Waals surface area contributed by atoms with Crippen LogP contribution in [0, 0.1) is 0 Å². The van der Waals surface area contributed by atoms with Crippen molar-refractivity contribution < 1.29 is 13.9 Å². The van der Waals surface area contributed by atoms with Gasteiger partial charge in [0.05, 0.1) is 19.8 Å². The number of nitrogens with zero attached hydrogens (tertiary/aromatic N) is 3. The zero-order valence-electron chi connectivity index (χ0n) is 19.8. The van der Waals surface area contributed by atoms with Crippen molar-refractivity contribution in [2.75, 3.05) is 39.4 Å². The molecule has 1 amide bonds. The first-order valence-corrected chi connectivity index (χ1v) is 12.5. The Hall–Kier alpha value is -2.42. The Balaban J connectivity index is 1.42. The molecular weight excluding hydrogens is 487 g/mol. The second-order valence-corrected chi connectivity index (χ2v) is 9.41. The van der Waals surface area contributed by atoms with E-state index in [1.54, 1.807) is 6.07 Å². The normalized spacial score (nSPS) is 15.3. The number of oxazole rings is 1. The third-order valence-electron chi connectivity index (χ3n) is 6.16. The van der Waals surface area contributed by atoms with Gasteiger partial charge in [-0.2, -0.15) is 0 Å². The molecule has 0 aliphatic carbocycles. The molecule has 0 unspecified atom stereocenters. The molecule has 3 aromatic rings. The van der Waals surface area contributed by atoms with Crippen molar-refractivity contribution in [2.45, 2.75) is 26.1 Å². The first-order valence-electron chi connectivity index (χ1n) is 11.7. The van der Waals surface area contributed by atoms with Crippen molar-refractivity contribution in [3.63, 3.8) is 0 Å². The van der Waals surface area contributed by atoms with Gasteiger partial charge in [0, 0.05) is 48.8 Å². The van der Waals surface area contributed by atoms with Crippen LogP contribution in [0.15, 0.2) is 59.2 Å². The maximum atomic E-state index is 12.6. The van der Waals surface area contributed by atoms with Crippen LogP contribution in [0.25, 0.3) is 0 Å². The van der Waals surface area contributed by atoms with Gasteiger partial charge >= 0.3 is 0 Å². The SMILES string of the molecule is C[C@H](c1ccccc1)N(Cc1nc(C(=O)NCCN2CCOCC2)co1)Cc1ccc(Cl)cc1Cl. The highest BCUT2D eigenvalue weighted by Gasteiger charge is 2.21. The summed E-state index contributed by atoms with van der Waals surface area (Å²) in [7, 11) is 0. The third kappa shape index (κ3) is 7.29. The van der Waals surface area contributed by atoms with E-state index in [-0.39, 0.29) is 17.6 Å². The zero-order valence-corrected chi connectivity index (χ0v) is 21.3. The fraction of sp³-hybridized carbons (Fsp3) is 0.385. The molecular formula is C26H30Cl2N4O3. The van der Waals surface area contributed by atoms with Crippen molar-refractivity contribution in [3.05, 3.63) is 87.6 Å². The molecule has 35 heavy (non-hydrogen) atoms. The van der Waals surface area contributed by atoms with Gasteiger partial charge in [-0.05, 0) is 30.2 Å². The van der Waals surface area contributed by atoms with Crippen LogP contribution in [0.2, 0.25) is 10.0 Å². The van der Waals surface area contributed by atoms with Crippen LogP contribution in [0.1, 0.15) is 40.5 Å². The molecule has 0 spiro atoms. The average Bonchev–Trinajstić information content (AvgIpc) is 3.34. The molecule has 186 valence electrons. The molecule has 9 heteroatoms. The van der Waals surface area contributed by atoms with Gasteiger partial charge < -0.3 is 14.5 Å². The Labute approximate surface area is 216 Å². The number of morpholine rings is 1. The highest BCUT2D eigenvalue weighted by atomic mass is 35.5. The van der Waals surface area contributed by atoms with Crippen LogP contribution < -0.4 is 5.32 Å². The van der Waals surface area contributed by atoms with Crippen molar-refractivity contribution >= 4 is 29.1 Å².